The van der Waals surface area contributed by atoms with Crippen LogP contribution in [0.15, 0.2) is 30.6 Å². The molecule has 2 amide bonds. The molecule has 0 radical (unpaired) electrons. The molecule has 34 heavy (non-hydrogen) atoms. The summed E-state index contributed by atoms with van der Waals surface area (Å²) < 4.78 is 71.8. The highest BCUT2D eigenvalue weighted by Gasteiger charge is 2.43. The van der Waals surface area contributed by atoms with Crippen LogP contribution in [0.25, 0.3) is 11.3 Å². The second-order valence-electron chi connectivity index (χ2n) is 8.77. The van der Waals surface area contributed by atoms with E-state index in [0.29, 0.717) is 6.20 Å². The van der Waals surface area contributed by atoms with Gasteiger partial charge in [0.15, 0.2) is 5.69 Å². The monoisotopic (exact) mass is 486 g/mol. The molecule has 2 aromatic rings. The average Bonchev–Trinajstić information content (AvgIpc) is 3.11. The molecular weight excluding hydrogens is 463 g/mol. The number of nitrogens with one attached hydrogen (secondary N) is 1. The van der Waals surface area contributed by atoms with E-state index >= 15 is 0 Å². The molecule has 1 aromatic carbocycles. The molecule has 7 nitrogen and oxygen atoms in total. The molecule has 1 N–H and O–H groups in total. The molecular formula is C22H23F5N4O3. The van der Waals surface area contributed by atoms with Crippen LogP contribution in [-0.2, 0) is 22.3 Å². The standard InChI is InChI=1S/C22H23F5N4O3/c1-21(2,3)34-20(33)31-5-4-15(24)18(31)19(32)30-9-12-6-13(8-14(23)7-12)16-10-29-17(11-28-16)22(25,26)27/h6-8,10-11,15,18H,4-5,9H2,1-3H3,(H,30,32). The molecule has 1 aliphatic rings. The summed E-state index contributed by atoms with van der Waals surface area (Å²) in [5, 5.41) is 2.47. The Morgan fingerprint density at radius 2 is 1.85 bits per heavy atom. The van der Waals surface area contributed by atoms with Gasteiger partial charge in [-0.3, -0.25) is 14.7 Å². The van der Waals surface area contributed by atoms with Crippen LogP contribution >= 0.6 is 0 Å². The smallest absolute Gasteiger partial charge is 0.434 e. The van der Waals surface area contributed by atoms with Gasteiger partial charge in [-0.25, -0.2) is 18.6 Å². The number of alkyl halides is 4. The van der Waals surface area contributed by atoms with Crippen LogP contribution in [0.3, 0.4) is 0 Å². The maximum absolute atomic E-state index is 14.4. The van der Waals surface area contributed by atoms with Crippen LogP contribution in [0.2, 0.25) is 0 Å². The van der Waals surface area contributed by atoms with Crippen molar-refractivity contribution in [2.24, 2.45) is 0 Å². The number of carbonyl (C=O) groups excluding carboxylic acids is 2. The number of halogens is 5. The number of carbonyl (C=O) groups is 2. The number of rotatable bonds is 4. The molecule has 3 rings (SSSR count). The molecule has 2 heterocycles. The van der Waals surface area contributed by atoms with Crippen LogP contribution in [0.5, 0.6) is 0 Å². The summed E-state index contributed by atoms with van der Waals surface area (Å²) in [5.41, 5.74) is -1.62. The summed E-state index contributed by atoms with van der Waals surface area (Å²) in [6, 6.07) is 2.17. The quantitative estimate of drug-likeness (QED) is 0.653. The van der Waals surface area contributed by atoms with Gasteiger partial charge in [0.1, 0.15) is 23.6 Å². The highest BCUT2D eigenvalue weighted by atomic mass is 19.4. The van der Waals surface area contributed by atoms with Crippen molar-refractivity contribution in [3.63, 3.8) is 0 Å². The van der Waals surface area contributed by atoms with Gasteiger partial charge in [0, 0.05) is 18.7 Å². The number of amides is 2. The zero-order valence-electron chi connectivity index (χ0n) is 18.6. The molecule has 2 atom stereocenters. The Morgan fingerprint density at radius 1 is 1.15 bits per heavy atom. The third-order valence-electron chi connectivity index (χ3n) is 4.88. The number of aromatic nitrogens is 2. The highest BCUT2D eigenvalue weighted by molar-refractivity contribution is 5.87. The molecule has 1 fully saturated rings. The second kappa shape index (κ2) is 9.51. The topological polar surface area (TPSA) is 84.4 Å². The Balaban J connectivity index is 1.72. The Labute approximate surface area is 192 Å². The lowest BCUT2D eigenvalue weighted by atomic mass is 10.1. The zero-order chi connectivity index (χ0) is 25.3. The van der Waals surface area contributed by atoms with Gasteiger partial charge in [-0.15, -0.1) is 0 Å². The van der Waals surface area contributed by atoms with Crippen LogP contribution in [0.4, 0.5) is 26.7 Å². The van der Waals surface area contributed by atoms with Crippen molar-refractivity contribution < 1.29 is 36.3 Å². The maximum Gasteiger partial charge on any atom is 0.434 e. The van der Waals surface area contributed by atoms with Crippen molar-refractivity contribution in [1.29, 1.82) is 0 Å². The van der Waals surface area contributed by atoms with Gasteiger partial charge in [0.25, 0.3) is 0 Å². The lowest BCUT2D eigenvalue weighted by molar-refractivity contribution is -0.141. The lowest BCUT2D eigenvalue weighted by Gasteiger charge is -2.28. The summed E-state index contributed by atoms with van der Waals surface area (Å²) in [5.74, 6) is -1.50. The minimum absolute atomic E-state index is 0.00390. The van der Waals surface area contributed by atoms with Gasteiger partial charge < -0.3 is 10.1 Å². The van der Waals surface area contributed by atoms with Crippen molar-refractivity contribution in [2.45, 2.75) is 57.7 Å². The number of benzene rings is 1. The van der Waals surface area contributed by atoms with Gasteiger partial charge in [0.05, 0.1) is 18.1 Å². The van der Waals surface area contributed by atoms with Crippen molar-refractivity contribution in [2.75, 3.05) is 6.54 Å². The Morgan fingerprint density at radius 3 is 2.44 bits per heavy atom. The molecule has 1 aromatic heterocycles. The minimum atomic E-state index is -4.66. The first-order valence-corrected chi connectivity index (χ1v) is 10.3. The average molecular weight is 486 g/mol. The van der Waals surface area contributed by atoms with E-state index in [-0.39, 0.29) is 36.3 Å². The Hall–Kier alpha value is -3.31. The summed E-state index contributed by atoms with van der Waals surface area (Å²) in [6.07, 6.45) is -5.71. The van der Waals surface area contributed by atoms with E-state index in [1.54, 1.807) is 20.8 Å². The van der Waals surface area contributed by atoms with Crippen molar-refractivity contribution in [1.82, 2.24) is 20.2 Å². The normalized spacial score (nSPS) is 18.6. The Bertz CT molecular complexity index is 1050. The fourth-order valence-electron chi connectivity index (χ4n) is 3.40. The van der Waals surface area contributed by atoms with E-state index < -0.39 is 47.5 Å². The van der Waals surface area contributed by atoms with Gasteiger partial charge >= 0.3 is 12.3 Å². The molecule has 0 aliphatic carbocycles. The van der Waals surface area contributed by atoms with E-state index in [2.05, 4.69) is 15.3 Å². The Kier molecular flexibility index (Phi) is 7.08. The van der Waals surface area contributed by atoms with E-state index in [4.69, 9.17) is 4.74 Å². The number of hydrogen-bond acceptors (Lipinski definition) is 5. The summed E-state index contributed by atoms with van der Waals surface area (Å²) in [6.45, 7) is 4.72. The van der Waals surface area contributed by atoms with Crippen molar-refractivity contribution in [3.8, 4) is 11.3 Å². The number of likely N-dealkylation sites (tertiary alicyclic amines) is 1. The largest absolute Gasteiger partial charge is 0.444 e. The molecule has 2 unspecified atom stereocenters. The summed E-state index contributed by atoms with van der Waals surface area (Å²) in [4.78, 5) is 33.0. The molecule has 1 aliphatic heterocycles. The first kappa shape index (κ1) is 25.3. The summed E-state index contributed by atoms with van der Waals surface area (Å²) in [7, 11) is 0. The van der Waals surface area contributed by atoms with Crippen LogP contribution in [-0.4, -0.2) is 51.2 Å². The van der Waals surface area contributed by atoms with Gasteiger partial charge in [-0.2, -0.15) is 13.2 Å². The third kappa shape index (κ3) is 6.17. The fourth-order valence-corrected chi connectivity index (χ4v) is 3.40. The lowest BCUT2D eigenvalue weighted by Crippen LogP contribution is -2.50. The zero-order valence-corrected chi connectivity index (χ0v) is 18.6. The van der Waals surface area contributed by atoms with Gasteiger partial charge in [-0.05, 0) is 51.0 Å². The van der Waals surface area contributed by atoms with Crippen LogP contribution < -0.4 is 5.32 Å². The van der Waals surface area contributed by atoms with E-state index in [1.807, 2.05) is 0 Å². The maximum atomic E-state index is 14.4. The van der Waals surface area contributed by atoms with Crippen LogP contribution in [0.1, 0.15) is 38.4 Å². The summed E-state index contributed by atoms with van der Waals surface area (Å²) >= 11 is 0. The second-order valence-corrected chi connectivity index (χ2v) is 8.77. The third-order valence-corrected chi connectivity index (χ3v) is 4.88. The minimum Gasteiger partial charge on any atom is -0.444 e. The molecule has 0 spiro atoms. The molecule has 184 valence electrons. The molecule has 0 saturated carbocycles. The van der Waals surface area contributed by atoms with Gasteiger partial charge in [0.2, 0.25) is 5.91 Å². The van der Waals surface area contributed by atoms with Gasteiger partial charge in [-0.1, -0.05) is 0 Å². The highest BCUT2D eigenvalue weighted by Crippen LogP contribution is 2.28. The van der Waals surface area contributed by atoms with E-state index in [9.17, 15) is 31.5 Å². The molecule has 0 bridgehead atoms. The number of ether oxygens (including phenoxy) is 1. The van der Waals surface area contributed by atoms with Crippen molar-refractivity contribution in [3.05, 3.63) is 47.7 Å². The predicted molar refractivity (Wildman–Crippen MR) is 111 cm³/mol. The van der Waals surface area contributed by atoms with E-state index in [1.165, 1.54) is 6.07 Å². The molecule has 1 saturated heterocycles. The van der Waals surface area contributed by atoms with Crippen molar-refractivity contribution >= 4 is 12.0 Å². The number of nitrogens with zero attached hydrogens (tertiary/aromatic N) is 3. The van der Waals surface area contributed by atoms with E-state index in [0.717, 1.165) is 23.2 Å². The SMILES string of the molecule is CC(C)(C)OC(=O)N1CCC(F)C1C(=O)NCc1cc(F)cc(-c2cnc(C(F)(F)F)cn2)c1. The fraction of sp³-hybridized carbons (Fsp3) is 0.455. The number of hydrogen-bond donors (Lipinski definition) is 1. The molecule has 12 heteroatoms. The first-order valence-electron chi connectivity index (χ1n) is 10.3. The first-order chi connectivity index (χ1) is 15.7. The van der Waals surface area contributed by atoms with Crippen LogP contribution in [0, 0.1) is 5.82 Å². The predicted octanol–water partition coefficient (Wildman–Crippen LogP) is 4.27.